The average Bonchev–Trinajstić information content (AvgIpc) is 3.30. The van der Waals surface area contributed by atoms with Gasteiger partial charge in [-0.25, -0.2) is 0 Å². The number of methoxy groups -OCH3 is 2. The Morgan fingerprint density at radius 1 is 1.38 bits per heavy atom. The Labute approximate surface area is 156 Å². The van der Waals surface area contributed by atoms with E-state index in [1.54, 1.807) is 43.4 Å². The second-order valence-corrected chi connectivity index (χ2v) is 6.53. The predicted molar refractivity (Wildman–Crippen MR) is 94.7 cm³/mol. The number of benzene rings is 1. The maximum atomic E-state index is 12.5. The molecule has 0 saturated carbocycles. The summed E-state index contributed by atoms with van der Waals surface area (Å²) in [5.74, 6) is 1.83. The van der Waals surface area contributed by atoms with Gasteiger partial charge in [0, 0.05) is 38.2 Å². The molecule has 140 valence electrons. The van der Waals surface area contributed by atoms with Gasteiger partial charge in [0.1, 0.15) is 18.1 Å². The van der Waals surface area contributed by atoms with E-state index >= 15 is 0 Å². The van der Waals surface area contributed by atoms with E-state index in [2.05, 4.69) is 5.16 Å². The monoisotopic (exact) mass is 380 g/mol. The van der Waals surface area contributed by atoms with Gasteiger partial charge in [-0.05, 0) is 18.6 Å². The number of hydrogen-bond acceptors (Lipinski definition) is 6. The zero-order chi connectivity index (χ0) is 18.5. The fourth-order valence-electron chi connectivity index (χ4n) is 2.91. The number of amides is 1. The standard InChI is InChI=1S/C18H21ClN2O5/c1-23-10-12-5-6-21(9-12)18(22)16-8-14(26-20-16)11-25-17-4-3-13(24-2)7-15(17)19/h3-4,7-8,12H,5-6,9-11H2,1-2H3/t12-/m1/s1. The van der Waals surface area contributed by atoms with E-state index in [0.717, 1.165) is 6.42 Å². The fraction of sp³-hybridized carbons (Fsp3) is 0.444. The zero-order valence-corrected chi connectivity index (χ0v) is 15.5. The molecule has 1 aromatic carbocycles. The number of carbonyl (C=O) groups excluding carboxylic acids is 1. The number of carbonyl (C=O) groups is 1. The number of rotatable bonds is 7. The summed E-state index contributed by atoms with van der Waals surface area (Å²) >= 11 is 6.13. The molecule has 0 N–H and O–H groups in total. The van der Waals surface area contributed by atoms with Crippen LogP contribution in [0.2, 0.25) is 5.02 Å². The lowest BCUT2D eigenvalue weighted by atomic mass is 10.1. The van der Waals surface area contributed by atoms with Crippen LogP contribution >= 0.6 is 11.6 Å². The van der Waals surface area contributed by atoms with Gasteiger partial charge in [-0.2, -0.15) is 0 Å². The number of halogens is 1. The molecule has 0 spiro atoms. The largest absolute Gasteiger partial charge is 0.497 e. The van der Waals surface area contributed by atoms with Crippen molar-refractivity contribution in [3.8, 4) is 11.5 Å². The molecule has 26 heavy (non-hydrogen) atoms. The maximum Gasteiger partial charge on any atom is 0.276 e. The third kappa shape index (κ3) is 4.28. The number of hydrogen-bond donors (Lipinski definition) is 0. The first-order valence-electron chi connectivity index (χ1n) is 8.31. The van der Waals surface area contributed by atoms with Gasteiger partial charge < -0.3 is 23.6 Å². The van der Waals surface area contributed by atoms with Crippen LogP contribution in [-0.4, -0.2) is 49.9 Å². The van der Waals surface area contributed by atoms with Gasteiger partial charge in [0.2, 0.25) is 0 Å². The van der Waals surface area contributed by atoms with Crippen LogP contribution in [-0.2, 0) is 11.3 Å². The molecule has 1 aliphatic rings. The van der Waals surface area contributed by atoms with Crippen molar-refractivity contribution in [2.24, 2.45) is 5.92 Å². The highest BCUT2D eigenvalue weighted by Crippen LogP contribution is 2.29. The Kier molecular flexibility index (Phi) is 6.00. The topological polar surface area (TPSA) is 74.0 Å². The molecule has 7 nitrogen and oxygen atoms in total. The highest BCUT2D eigenvalue weighted by Gasteiger charge is 2.28. The van der Waals surface area contributed by atoms with E-state index in [0.29, 0.717) is 47.9 Å². The maximum absolute atomic E-state index is 12.5. The van der Waals surface area contributed by atoms with Crippen molar-refractivity contribution in [3.05, 3.63) is 40.7 Å². The molecule has 1 aliphatic heterocycles. The van der Waals surface area contributed by atoms with Crippen molar-refractivity contribution in [2.45, 2.75) is 13.0 Å². The minimum atomic E-state index is -0.138. The Morgan fingerprint density at radius 3 is 2.96 bits per heavy atom. The first-order chi connectivity index (χ1) is 12.6. The van der Waals surface area contributed by atoms with Crippen LogP contribution in [0.1, 0.15) is 22.7 Å². The highest BCUT2D eigenvalue weighted by atomic mass is 35.5. The molecule has 2 heterocycles. The second kappa shape index (κ2) is 8.42. The number of likely N-dealkylation sites (tertiary alicyclic amines) is 1. The summed E-state index contributed by atoms with van der Waals surface area (Å²) in [5, 5.41) is 4.30. The number of ether oxygens (including phenoxy) is 3. The van der Waals surface area contributed by atoms with Crippen LogP contribution in [0.3, 0.4) is 0 Å². The predicted octanol–water partition coefficient (Wildman–Crippen LogP) is 3.02. The molecule has 1 atom stereocenters. The van der Waals surface area contributed by atoms with Crippen LogP contribution in [0.4, 0.5) is 0 Å². The molecule has 1 amide bonds. The van der Waals surface area contributed by atoms with Gasteiger partial charge in [0.05, 0.1) is 18.7 Å². The Morgan fingerprint density at radius 2 is 2.23 bits per heavy atom. The second-order valence-electron chi connectivity index (χ2n) is 6.12. The van der Waals surface area contributed by atoms with E-state index in [1.165, 1.54) is 0 Å². The van der Waals surface area contributed by atoms with E-state index < -0.39 is 0 Å². The Balaban J connectivity index is 1.57. The fourth-order valence-corrected chi connectivity index (χ4v) is 3.13. The number of nitrogens with zero attached hydrogens (tertiary/aromatic N) is 2. The van der Waals surface area contributed by atoms with Gasteiger partial charge in [0.15, 0.2) is 11.5 Å². The summed E-state index contributed by atoms with van der Waals surface area (Å²) in [6.07, 6.45) is 0.934. The highest BCUT2D eigenvalue weighted by molar-refractivity contribution is 6.32. The summed E-state index contributed by atoms with van der Waals surface area (Å²) < 4.78 is 21.1. The molecule has 2 aromatic rings. The SMILES string of the molecule is COC[C@@H]1CCN(C(=O)c2cc(COc3ccc(OC)cc3Cl)on2)C1. The van der Waals surface area contributed by atoms with Gasteiger partial charge >= 0.3 is 0 Å². The van der Waals surface area contributed by atoms with E-state index in [9.17, 15) is 4.79 Å². The number of aromatic nitrogens is 1. The van der Waals surface area contributed by atoms with Crippen LogP contribution < -0.4 is 9.47 Å². The lowest BCUT2D eigenvalue weighted by Gasteiger charge is -2.14. The Hall–Kier alpha value is -2.25. The quantitative estimate of drug-likeness (QED) is 0.735. The molecule has 0 radical (unpaired) electrons. The van der Waals surface area contributed by atoms with Crippen molar-refractivity contribution in [1.82, 2.24) is 10.1 Å². The lowest BCUT2D eigenvalue weighted by molar-refractivity contribution is 0.0765. The van der Waals surface area contributed by atoms with Crippen LogP contribution in [0.25, 0.3) is 0 Å². The van der Waals surface area contributed by atoms with Crippen LogP contribution in [0.5, 0.6) is 11.5 Å². The third-order valence-corrected chi connectivity index (χ3v) is 4.56. The summed E-state index contributed by atoms with van der Waals surface area (Å²) in [6.45, 7) is 2.16. The third-order valence-electron chi connectivity index (χ3n) is 4.26. The Bertz CT molecular complexity index is 764. The molecule has 0 aliphatic carbocycles. The van der Waals surface area contributed by atoms with E-state index in [1.807, 2.05) is 0 Å². The first-order valence-corrected chi connectivity index (χ1v) is 8.68. The van der Waals surface area contributed by atoms with Crippen molar-refractivity contribution in [2.75, 3.05) is 33.9 Å². The normalized spacial score (nSPS) is 16.7. The van der Waals surface area contributed by atoms with Gasteiger partial charge in [-0.15, -0.1) is 0 Å². The molecule has 8 heteroatoms. The molecule has 0 unspecified atom stereocenters. The molecule has 1 fully saturated rings. The van der Waals surface area contributed by atoms with Crippen molar-refractivity contribution < 1.29 is 23.5 Å². The summed E-state index contributed by atoms with van der Waals surface area (Å²) in [5.41, 5.74) is 0.280. The summed E-state index contributed by atoms with van der Waals surface area (Å²) in [6, 6.07) is 6.73. The summed E-state index contributed by atoms with van der Waals surface area (Å²) in [4.78, 5) is 14.3. The molecular weight excluding hydrogens is 360 g/mol. The smallest absolute Gasteiger partial charge is 0.276 e. The first kappa shape index (κ1) is 18.5. The minimum Gasteiger partial charge on any atom is -0.497 e. The van der Waals surface area contributed by atoms with Gasteiger partial charge in [-0.3, -0.25) is 4.79 Å². The van der Waals surface area contributed by atoms with Crippen LogP contribution in [0, 0.1) is 5.92 Å². The van der Waals surface area contributed by atoms with Crippen molar-refractivity contribution in [1.29, 1.82) is 0 Å². The lowest BCUT2D eigenvalue weighted by Crippen LogP contribution is -2.29. The van der Waals surface area contributed by atoms with Gasteiger partial charge in [-0.1, -0.05) is 16.8 Å². The molecular formula is C18H21ClN2O5. The summed E-state index contributed by atoms with van der Waals surface area (Å²) in [7, 11) is 3.24. The van der Waals surface area contributed by atoms with Crippen molar-refractivity contribution >= 4 is 17.5 Å². The average molecular weight is 381 g/mol. The molecule has 1 aromatic heterocycles. The zero-order valence-electron chi connectivity index (χ0n) is 14.7. The van der Waals surface area contributed by atoms with Crippen molar-refractivity contribution in [3.63, 3.8) is 0 Å². The molecule has 0 bridgehead atoms. The van der Waals surface area contributed by atoms with E-state index in [4.69, 9.17) is 30.3 Å². The van der Waals surface area contributed by atoms with Crippen LogP contribution in [0.15, 0.2) is 28.8 Å². The molecule has 3 rings (SSSR count). The van der Waals surface area contributed by atoms with Gasteiger partial charge in [0.25, 0.3) is 5.91 Å². The minimum absolute atomic E-state index is 0.124. The molecule has 1 saturated heterocycles. The van der Waals surface area contributed by atoms with E-state index in [-0.39, 0.29) is 18.2 Å².